The van der Waals surface area contributed by atoms with Crippen molar-refractivity contribution in [1.82, 2.24) is 14.5 Å². The molecule has 0 unspecified atom stereocenters. The van der Waals surface area contributed by atoms with E-state index in [0.29, 0.717) is 17.6 Å². The smallest absolute Gasteiger partial charge is 0.243 e. The van der Waals surface area contributed by atoms with E-state index in [-0.39, 0.29) is 29.8 Å². The van der Waals surface area contributed by atoms with Crippen molar-refractivity contribution in [3.8, 4) is 0 Å². The van der Waals surface area contributed by atoms with Crippen LogP contribution in [0.3, 0.4) is 0 Å². The van der Waals surface area contributed by atoms with E-state index in [1.54, 1.807) is 17.0 Å². The van der Waals surface area contributed by atoms with Gasteiger partial charge >= 0.3 is 0 Å². The molecule has 0 radical (unpaired) electrons. The van der Waals surface area contributed by atoms with Crippen molar-refractivity contribution < 1.29 is 13.2 Å². The Hall–Kier alpha value is -0.670. The highest BCUT2D eigenvalue weighted by molar-refractivity contribution is 9.10. The maximum absolute atomic E-state index is 12.4. The summed E-state index contributed by atoms with van der Waals surface area (Å²) in [5, 5.41) is 3.15. The molecule has 1 saturated heterocycles. The molecule has 2 rings (SSSR count). The van der Waals surface area contributed by atoms with Crippen LogP contribution in [0.1, 0.15) is 0 Å². The fourth-order valence-corrected chi connectivity index (χ4v) is 3.81. The quantitative estimate of drug-likeness (QED) is 0.798. The molecule has 6 nitrogen and oxygen atoms in total. The van der Waals surface area contributed by atoms with Gasteiger partial charge in [-0.15, -0.1) is 12.4 Å². The highest BCUT2D eigenvalue weighted by Crippen LogP contribution is 2.19. The molecule has 0 aromatic heterocycles. The van der Waals surface area contributed by atoms with Gasteiger partial charge in [-0.25, -0.2) is 8.42 Å². The van der Waals surface area contributed by atoms with Crippen LogP contribution in [-0.4, -0.2) is 63.3 Å². The summed E-state index contributed by atoms with van der Waals surface area (Å²) in [4.78, 5) is 14.0. The third kappa shape index (κ3) is 4.66. The largest absolute Gasteiger partial charge is 0.339 e. The van der Waals surface area contributed by atoms with E-state index in [4.69, 9.17) is 0 Å². The third-order valence-electron chi connectivity index (χ3n) is 3.33. The molecule has 22 heavy (non-hydrogen) atoms. The predicted octanol–water partition coefficient (Wildman–Crippen LogP) is 0.923. The van der Waals surface area contributed by atoms with Gasteiger partial charge in [0, 0.05) is 37.7 Å². The monoisotopic (exact) mass is 411 g/mol. The molecule has 1 amide bonds. The molecule has 1 aromatic carbocycles. The molecule has 1 aliphatic heterocycles. The van der Waals surface area contributed by atoms with Gasteiger partial charge in [0.05, 0.1) is 11.4 Å². The van der Waals surface area contributed by atoms with Gasteiger partial charge in [0.15, 0.2) is 0 Å². The van der Waals surface area contributed by atoms with Gasteiger partial charge in [0.2, 0.25) is 15.9 Å². The van der Waals surface area contributed by atoms with Crippen molar-refractivity contribution in [2.75, 3.05) is 39.8 Å². The summed E-state index contributed by atoms with van der Waals surface area (Å²) in [6, 6.07) is 6.46. The second-order valence-electron chi connectivity index (χ2n) is 4.85. The number of nitrogens with one attached hydrogen (secondary N) is 1. The first-order chi connectivity index (χ1) is 9.91. The molecule has 1 aromatic rings. The Labute approximate surface area is 145 Å². The van der Waals surface area contributed by atoms with Crippen LogP contribution in [0.15, 0.2) is 33.6 Å². The van der Waals surface area contributed by atoms with Crippen molar-refractivity contribution in [3.05, 3.63) is 28.7 Å². The number of amides is 1. The average molecular weight is 413 g/mol. The summed E-state index contributed by atoms with van der Waals surface area (Å²) in [6.45, 7) is 2.57. The fraction of sp³-hybridized carbons (Fsp3) is 0.462. The second kappa shape index (κ2) is 8.26. The van der Waals surface area contributed by atoms with E-state index < -0.39 is 10.0 Å². The normalized spacial score (nSPS) is 15.5. The van der Waals surface area contributed by atoms with Gasteiger partial charge in [-0.1, -0.05) is 22.0 Å². The lowest BCUT2D eigenvalue weighted by atomic mass is 10.3. The Kier molecular flexibility index (Phi) is 7.27. The lowest BCUT2D eigenvalue weighted by molar-refractivity contribution is -0.131. The van der Waals surface area contributed by atoms with Gasteiger partial charge in [-0.2, -0.15) is 4.31 Å². The summed E-state index contributed by atoms with van der Waals surface area (Å²) < 4.78 is 26.6. The number of hydrogen-bond donors (Lipinski definition) is 1. The van der Waals surface area contributed by atoms with Crippen LogP contribution in [0.2, 0.25) is 0 Å². The third-order valence-corrected chi connectivity index (χ3v) is 5.62. The molecule has 9 heteroatoms. The molecule has 0 bridgehead atoms. The SMILES string of the molecule is CN(CC(=O)N1CCNCC1)S(=O)(=O)c1cccc(Br)c1.Cl. The summed E-state index contributed by atoms with van der Waals surface area (Å²) >= 11 is 3.25. The van der Waals surface area contributed by atoms with E-state index in [0.717, 1.165) is 17.4 Å². The fourth-order valence-electron chi connectivity index (χ4n) is 2.10. The van der Waals surface area contributed by atoms with E-state index in [1.165, 1.54) is 19.2 Å². The molecule has 0 atom stereocenters. The number of piperazine rings is 1. The molecule has 0 spiro atoms. The zero-order valence-corrected chi connectivity index (χ0v) is 15.4. The zero-order valence-electron chi connectivity index (χ0n) is 12.2. The van der Waals surface area contributed by atoms with Crippen LogP contribution < -0.4 is 5.32 Å². The highest BCUT2D eigenvalue weighted by atomic mass is 79.9. The van der Waals surface area contributed by atoms with Crippen molar-refractivity contribution in [1.29, 1.82) is 0 Å². The minimum Gasteiger partial charge on any atom is -0.339 e. The van der Waals surface area contributed by atoms with Gasteiger partial charge in [-0.3, -0.25) is 4.79 Å². The van der Waals surface area contributed by atoms with Crippen molar-refractivity contribution in [3.63, 3.8) is 0 Å². The van der Waals surface area contributed by atoms with Crippen molar-refractivity contribution in [2.45, 2.75) is 4.90 Å². The van der Waals surface area contributed by atoms with Gasteiger partial charge in [-0.05, 0) is 18.2 Å². The van der Waals surface area contributed by atoms with E-state index in [9.17, 15) is 13.2 Å². The molecule has 124 valence electrons. The van der Waals surface area contributed by atoms with Crippen LogP contribution in [-0.2, 0) is 14.8 Å². The number of nitrogens with zero attached hydrogens (tertiary/aromatic N) is 2. The Bertz CT molecular complexity index is 621. The van der Waals surface area contributed by atoms with Crippen LogP contribution in [0, 0.1) is 0 Å². The van der Waals surface area contributed by atoms with Crippen LogP contribution in [0.25, 0.3) is 0 Å². The maximum Gasteiger partial charge on any atom is 0.243 e. The molecule has 1 aliphatic rings. The Morgan fingerprint density at radius 1 is 1.36 bits per heavy atom. The number of carbonyl (C=O) groups excluding carboxylic acids is 1. The molecule has 1 heterocycles. The average Bonchev–Trinajstić information content (AvgIpc) is 2.48. The maximum atomic E-state index is 12.4. The zero-order chi connectivity index (χ0) is 15.5. The molecule has 1 fully saturated rings. The first-order valence-corrected chi connectivity index (χ1v) is 8.85. The van der Waals surface area contributed by atoms with Gasteiger partial charge in [0.25, 0.3) is 0 Å². The van der Waals surface area contributed by atoms with Crippen LogP contribution >= 0.6 is 28.3 Å². The minimum absolute atomic E-state index is 0. The lowest BCUT2D eigenvalue weighted by Gasteiger charge is -2.29. The molecule has 0 saturated carbocycles. The number of likely N-dealkylation sites (N-methyl/N-ethyl adjacent to an activating group) is 1. The van der Waals surface area contributed by atoms with E-state index in [2.05, 4.69) is 21.2 Å². The summed E-state index contributed by atoms with van der Waals surface area (Å²) in [5.74, 6) is -0.169. The number of sulfonamides is 1. The summed E-state index contributed by atoms with van der Waals surface area (Å²) in [7, 11) is -2.23. The number of halogens is 2. The molecular weight excluding hydrogens is 394 g/mol. The van der Waals surface area contributed by atoms with Gasteiger partial charge < -0.3 is 10.2 Å². The van der Waals surface area contributed by atoms with Crippen LogP contribution in [0.5, 0.6) is 0 Å². The summed E-state index contributed by atoms with van der Waals surface area (Å²) in [6.07, 6.45) is 0. The molecule has 0 aliphatic carbocycles. The van der Waals surface area contributed by atoms with E-state index in [1.807, 2.05) is 0 Å². The Morgan fingerprint density at radius 2 is 2.00 bits per heavy atom. The highest BCUT2D eigenvalue weighted by Gasteiger charge is 2.25. The lowest BCUT2D eigenvalue weighted by Crippen LogP contribution is -2.49. The topological polar surface area (TPSA) is 69.7 Å². The number of carbonyl (C=O) groups is 1. The number of benzene rings is 1. The first-order valence-electron chi connectivity index (χ1n) is 6.61. The standard InChI is InChI=1S/C13H18BrN3O3S.ClH/c1-16(10-13(18)17-7-5-15-6-8-17)21(19,20)12-4-2-3-11(14)9-12;/h2-4,9,15H,5-8,10H2,1H3;1H. The second-order valence-corrected chi connectivity index (χ2v) is 7.81. The van der Waals surface area contributed by atoms with E-state index >= 15 is 0 Å². The minimum atomic E-state index is -3.66. The molecular formula is C13H19BrClN3O3S. The van der Waals surface area contributed by atoms with Crippen molar-refractivity contribution in [2.24, 2.45) is 0 Å². The first kappa shape index (κ1) is 19.4. The van der Waals surface area contributed by atoms with Crippen molar-refractivity contribution >= 4 is 44.3 Å². The number of rotatable bonds is 4. The predicted molar refractivity (Wildman–Crippen MR) is 90.7 cm³/mol. The number of hydrogen-bond acceptors (Lipinski definition) is 4. The van der Waals surface area contributed by atoms with Gasteiger partial charge in [0.1, 0.15) is 0 Å². The Balaban J connectivity index is 0.00000242. The summed E-state index contributed by atoms with van der Waals surface area (Å²) in [5.41, 5.74) is 0. The molecule has 1 N–H and O–H groups in total. The Morgan fingerprint density at radius 3 is 2.59 bits per heavy atom. The van der Waals surface area contributed by atoms with Crippen LogP contribution in [0.4, 0.5) is 0 Å².